The summed E-state index contributed by atoms with van der Waals surface area (Å²) in [6.07, 6.45) is 0.789. The average Bonchev–Trinajstić information content (AvgIpc) is 2.68. The van der Waals surface area contributed by atoms with Crippen LogP contribution < -0.4 is 5.32 Å². The van der Waals surface area contributed by atoms with Gasteiger partial charge >= 0.3 is 0 Å². The molecule has 0 unspecified atom stereocenters. The summed E-state index contributed by atoms with van der Waals surface area (Å²) in [5.41, 5.74) is 2.90. The standard InChI is InChI=1S/C15H18N2OS/c1-10-5-4-6-13(9-10)15(18)16-8-7-14-17-11(2)12(3)19-14/h4-6,9H,7-8H2,1-3H3,(H,16,18). The fourth-order valence-electron chi connectivity index (χ4n) is 1.82. The molecule has 0 aliphatic heterocycles. The molecule has 1 heterocycles. The quantitative estimate of drug-likeness (QED) is 0.931. The molecule has 0 saturated carbocycles. The molecule has 19 heavy (non-hydrogen) atoms. The van der Waals surface area contributed by atoms with Crippen LogP contribution in [0.25, 0.3) is 0 Å². The zero-order chi connectivity index (χ0) is 13.8. The zero-order valence-corrected chi connectivity index (χ0v) is 12.3. The highest BCUT2D eigenvalue weighted by atomic mass is 32.1. The van der Waals surface area contributed by atoms with Crippen LogP contribution in [0.5, 0.6) is 0 Å². The summed E-state index contributed by atoms with van der Waals surface area (Å²) in [6, 6.07) is 7.61. The minimum Gasteiger partial charge on any atom is -0.352 e. The van der Waals surface area contributed by atoms with Gasteiger partial charge in [0.1, 0.15) is 0 Å². The molecule has 0 fully saturated rings. The highest BCUT2D eigenvalue weighted by molar-refractivity contribution is 7.11. The summed E-state index contributed by atoms with van der Waals surface area (Å²) >= 11 is 1.70. The van der Waals surface area contributed by atoms with E-state index in [4.69, 9.17) is 0 Å². The summed E-state index contributed by atoms with van der Waals surface area (Å²) in [5, 5.41) is 4.01. The zero-order valence-electron chi connectivity index (χ0n) is 11.5. The van der Waals surface area contributed by atoms with Crippen molar-refractivity contribution in [2.45, 2.75) is 27.2 Å². The minimum absolute atomic E-state index is 0.0197. The summed E-state index contributed by atoms with van der Waals surface area (Å²) in [6.45, 7) is 6.69. The molecule has 2 rings (SSSR count). The SMILES string of the molecule is Cc1cccc(C(=O)NCCc2nc(C)c(C)s2)c1. The van der Waals surface area contributed by atoms with E-state index in [0.29, 0.717) is 12.1 Å². The molecule has 1 aromatic heterocycles. The van der Waals surface area contributed by atoms with Crippen molar-refractivity contribution in [3.8, 4) is 0 Å². The molecule has 1 N–H and O–H groups in total. The van der Waals surface area contributed by atoms with Gasteiger partial charge in [-0.05, 0) is 32.9 Å². The third-order valence-electron chi connectivity index (χ3n) is 2.98. The van der Waals surface area contributed by atoms with Crippen molar-refractivity contribution in [1.29, 1.82) is 0 Å². The van der Waals surface area contributed by atoms with Gasteiger partial charge in [-0.15, -0.1) is 11.3 Å². The average molecular weight is 274 g/mol. The van der Waals surface area contributed by atoms with Gasteiger partial charge in [0.25, 0.3) is 5.91 Å². The van der Waals surface area contributed by atoms with E-state index in [1.165, 1.54) is 4.88 Å². The smallest absolute Gasteiger partial charge is 0.251 e. The number of carbonyl (C=O) groups excluding carboxylic acids is 1. The van der Waals surface area contributed by atoms with Crippen molar-refractivity contribution in [1.82, 2.24) is 10.3 Å². The summed E-state index contributed by atoms with van der Waals surface area (Å²) in [4.78, 5) is 17.6. The first-order chi connectivity index (χ1) is 9.06. The highest BCUT2D eigenvalue weighted by Crippen LogP contribution is 2.16. The second kappa shape index (κ2) is 5.97. The lowest BCUT2D eigenvalue weighted by Gasteiger charge is -2.04. The molecular weight excluding hydrogens is 256 g/mol. The molecule has 0 bridgehead atoms. The van der Waals surface area contributed by atoms with E-state index >= 15 is 0 Å². The van der Waals surface area contributed by atoms with E-state index in [0.717, 1.165) is 22.7 Å². The van der Waals surface area contributed by atoms with Gasteiger partial charge in [0, 0.05) is 23.4 Å². The Bertz CT molecular complexity index is 570. The van der Waals surface area contributed by atoms with E-state index in [2.05, 4.69) is 17.2 Å². The Balaban J connectivity index is 1.87. The van der Waals surface area contributed by atoms with Crippen LogP contribution in [0.15, 0.2) is 24.3 Å². The predicted octanol–water partition coefficient (Wildman–Crippen LogP) is 3.04. The first-order valence-electron chi connectivity index (χ1n) is 6.34. The van der Waals surface area contributed by atoms with Crippen LogP contribution in [0.2, 0.25) is 0 Å². The number of hydrogen-bond donors (Lipinski definition) is 1. The summed E-state index contributed by atoms with van der Waals surface area (Å²) in [5.74, 6) is -0.0197. The first-order valence-corrected chi connectivity index (χ1v) is 7.15. The highest BCUT2D eigenvalue weighted by Gasteiger charge is 2.06. The molecule has 0 aliphatic carbocycles. The Morgan fingerprint density at radius 3 is 2.74 bits per heavy atom. The van der Waals surface area contributed by atoms with Gasteiger partial charge < -0.3 is 5.32 Å². The van der Waals surface area contributed by atoms with Crippen LogP contribution >= 0.6 is 11.3 Å². The van der Waals surface area contributed by atoms with E-state index in [-0.39, 0.29) is 5.91 Å². The molecule has 0 aliphatic rings. The van der Waals surface area contributed by atoms with Gasteiger partial charge in [-0.2, -0.15) is 0 Å². The third-order valence-corrected chi connectivity index (χ3v) is 4.11. The number of nitrogens with one attached hydrogen (secondary N) is 1. The van der Waals surface area contributed by atoms with Crippen molar-refractivity contribution in [3.05, 3.63) is 51.0 Å². The molecule has 3 nitrogen and oxygen atoms in total. The Morgan fingerprint density at radius 2 is 2.11 bits per heavy atom. The monoisotopic (exact) mass is 274 g/mol. The maximum absolute atomic E-state index is 11.9. The molecule has 0 saturated heterocycles. The lowest BCUT2D eigenvalue weighted by molar-refractivity contribution is 0.0954. The third kappa shape index (κ3) is 3.64. The van der Waals surface area contributed by atoms with Gasteiger partial charge in [0.15, 0.2) is 0 Å². The second-order valence-electron chi connectivity index (χ2n) is 4.62. The van der Waals surface area contributed by atoms with Crippen LogP contribution in [0.3, 0.4) is 0 Å². The van der Waals surface area contributed by atoms with Crippen LogP contribution in [-0.2, 0) is 6.42 Å². The fraction of sp³-hybridized carbons (Fsp3) is 0.333. The van der Waals surface area contributed by atoms with Gasteiger partial charge in [-0.3, -0.25) is 4.79 Å². The number of nitrogens with zero attached hydrogens (tertiary/aromatic N) is 1. The van der Waals surface area contributed by atoms with Gasteiger partial charge in [0.2, 0.25) is 0 Å². The minimum atomic E-state index is -0.0197. The number of rotatable bonds is 4. The van der Waals surface area contributed by atoms with Crippen molar-refractivity contribution in [3.63, 3.8) is 0 Å². The maximum Gasteiger partial charge on any atom is 0.251 e. The topological polar surface area (TPSA) is 42.0 Å². The summed E-state index contributed by atoms with van der Waals surface area (Å²) < 4.78 is 0. The first kappa shape index (κ1) is 13.7. The number of benzene rings is 1. The van der Waals surface area contributed by atoms with Crippen molar-refractivity contribution in [2.75, 3.05) is 6.54 Å². The Labute approximate surface area is 117 Å². The second-order valence-corrected chi connectivity index (χ2v) is 5.91. The van der Waals surface area contributed by atoms with Crippen LogP contribution in [0.4, 0.5) is 0 Å². The predicted molar refractivity (Wildman–Crippen MR) is 78.8 cm³/mol. The van der Waals surface area contributed by atoms with E-state index < -0.39 is 0 Å². The number of hydrogen-bond acceptors (Lipinski definition) is 3. The molecular formula is C15H18N2OS. The lowest BCUT2D eigenvalue weighted by atomic mass is 10.1. The van der Waals surface area contributed by atoms with Gasteiger partial charge in [-0.25, -0.2) is 4.98 Å². The van der Waals surface area contributed by atoms with Gasteiger partial charge in [-0.1, -0.05) is 17.7 Å². The Kier molecular flexibility index (Phi) is 4.32. The maximum atomic E-state index is 11.9. The number of aromatic nitrogens is 1. The number of aryl methyl sites for hydroxylation is 3. The fourth-order valence-corrected chi connectivity index (χ4v) is 2.75. The molecule has 0 radical (unpaired) electrons. The normalized spacial score (nSPS) is 10.5. The largest absolute Gasteiger partial charge is 0.352 e. The van der Waals surface area contributed by atoms with Crippen molar-refractivity contribution >= 4 is 17.2 Å². The Hall–Kier alpha value is -1.68. The van der Waals surface area contributed by atoms with Crippen molar-refractivity contribution < 1.29 is 4.79 Å². The van der Waals surface area contributed by atoms with E-state index in [9.17, 15) is 4.79 Å². The van der Waals surface area contributed by atoms with E-state index in [1.807, 2.05) is 38.1 Å². The molecule has 0 atom stereocenters. The molecule has 0 spiro atoms. The van der Waals surface area contributed by atoms with Crippen LogP contribution in [0.1, 0.15) is 31.5 Å². The number of amides is 1. The Morgan fingerprint density at radius 1 is 1.32 bits per heavy atom. The van der Waals surface area contributed by atoms with Crippen LogP contribution in [-0.4, -0.2) is 17.4 Å². The molecule has 1 aromatic carbocycles. The van der Waals surface area contributed by atoms with E-state index in [1.54, 1.807) is 11.3 Å². The molecule has 2 aromatic rings. The van der Waals surface area contributed by atoms with Gasteiger partial charge in [0.05, 0.1) is 10.7 Å². The molecule has 1 amide bonds. The van der Waals surface area contributed by atoms with Crippen molar-refractivity contribution in [2.24, 2.45) is 0 Å². The molecule has 100 valence electrons. The van der Waals surface area contributed by atoms with Crippen LogP contribution in [0, 0.1) is 20.8 Å². The summed E-state index contributed by atoms with van der Waals surface area (Å²) in [7, 11) is 0. The molecule has 4 heteroatoms. The number of thiazole rings is 1. The lowest BCUT2D eigenvalue weighted by Crippen LogP contribution is -2.25. The number of carbonyl (C=O) groups is 1.